The van der Waals surface area contributed by atoms with Crippen molar-refractivity contribution in [3.8, 4) is 17.0 Å². The SMILES string of the molecule is COC(=O)c1ccc2c(C3CCCCC3)c3n(c2c1)CC1(C(=O)N2C[C@@H](C)N[C@@H](C)C2)CC1c1c(OC)cccc1-3. The smallest absolute Gasteiger partial charge is 0.337 e. The van der Waals surface area contributed by atoms with Crippen LogP contribution in [0.3, 0.4) is 0 Å². The number of carbonyl (C=O) groups is 2. The second-order valence-electron chi connectivity index (χ2n) is 12.9. The molecule has 7 nitrogen and oxygen atoms in total. The van der Waals surface area contributed by atoms with Crippen molar-refractivity contribution >= 4 is 22.8 Å². The second kappa shape index (κ2) is 9.90. The van der Waals surface area contributed by atoms with E-state index in [0.29, 0.717) is 18.0 Å². The summed E-state index contributed by atoms with van der Waals surface area (Å²) >= 11 is 0. The Morgan fingerprint density at radius 3 is 2.44 bits per heavy atom. The van der Waals surface area contributed by atoms with E-state index >= 15 is 0 Å². The zero-order valence-electron chi connectivity index (χ0n) is 24.7. The lowest BCUT2D eigenvalue weighted by molar-refractivity contribution is -0.139. The van der Waals surface area contributed by atoms with Crippen LogP contribution in [0.5, 0.6) is 5.75 Å². The maximum atomic E-state index is 14.6. The van der Waals surface area contributed by atoms with Crippen LogP contribution in [0, 0.1) is 5.41 Å². The molecule has 1 saturated heterocycles. The minimum absolute atomic E-state index is 0.0968. The molecule has 216 valence electrons. The Labute approximate surface area is 242 Å². The van der Waals surface area contributed by atoms with Crippen molar-refractivity contribution in [3.05, 3.63) is 53.1 Å². The lowest BCUT2D eigenvalue weighted by Crippen LogP contribution is -2.57. The number of aromatic nitrogens is 1. The fourth-order valence-corrected chi connectivity index (χ4v) is 8.42. The van der Waals surface area contributed by atoms with Gasteiger partial charge in [0.05, 0.1) is 30.9 Å². The molecule has 2 aliphatic heterocycles. The summed E-state index contributed by atoms with van der Waals surface area (Å²) in [5.41, 5.74) is 5.97. The molecule has 3 fully saturated rings. The van der Waals surface area contributed by atoms with Gasteiger partial charge in [0.1, 0.15) is 5.75 Å². The van der Waals surface area contributed by atoms with Gasteiger partial charge in [-0.1, -0.05) is 37.5 Å². The molecule has 0 spiro atoms. The number of nitrogens with zero attached hydrogens (tertiary/aromatic N) is 2. The van der Waals surface area contributed by atoms with Crippen molar-refractivity contribution in [3.63, 3.8) is 0 Å². The third-order valence-electron chi connectivity index (χ3n) is 10.2. The first-order valence-corrected chi connectivity index (χ1v) is 15.3. The van der Waals surface area contributed by atoms with Crippen LogP contribution in [0.1, 0.15) is 85.7 Å². The van der Waals surface area contributed by atoms with Gasteiger partial charge in [0, 0.05) is 59.7 Å². The van der Waals surface area contributed by atoms with Crippen LogP contribution < -0.4 is 10.1 Å². The fourth-order valence-electron chi connectivity index (χ4n) is 8.42. The number of piperazine rings is 1. The summed E-state index contributed by atoms with van der Waals surface area (Å²) in [5.74, 6) is 1.32. The fraction of sp³-hybridized carbons (Fsp3) is 0.529. The standard InChI is InChI=1S/C34H41N3O4/c1-20-17-36(18-21(2)35-20)33(39)34-16-26(34)30-25(11-8-12-28(30)40-3)31-29(22-9-6-5-7-10-22)24-14-13-23(32(38)41-4)15-27(24)37(31)19-34/h8,11-15,20-22,26,35H,5-7,9-10,16-19H2,1-4H3/t20-,21+,26?,34?. The summed E-state index contributed by atoms with van der Waals surface area (Å²) in [6.45, 7) is 6.35. The van der Waals surface area contributed by atoms with Crippen LogP contribution in [0.4, 0.5) is 0 Å². The zero-order chi connectivity index (χ0) is 28.5. The summed E-state index contributed by atoms with van der Waals surface area (Å²) in [5, 5.41) is 4.77. The molecule has 41 heavy (non-hydrogen) atoms. The molecular formula is C34H41N3O4. The van der Waals surface area contributed by atoms with Crippen molar-refractivity contribution < 1.29 is 19.1 Å². The Kier molecular flexibility index (Phi) is 6.42. The molecule has 1 amide bonds. The van der Waals surface area contributed by atoms with Gasteiger partial charge in [-0.15, -0.1) is 0 Å². The molecule has 1 aromatic heterocycles. The highest BCUT2D eigenvalue weighted by atomic mass is 16.5. The van der Waals surface area contributed by atoms with Crippen LogP contribution in [-0.4, -0.2) is 60.7 Å². The molecule has 3 aromatic rings. The predicted octanol–water partition coefficient (Wildman–Crippen LogP) is 5.85. The van der Waals surface area contributed by atoms with Gasteiger partial charge in [0.2, 0.25) is 5.91 Å². The van der Waals surface area contributed by atoms with E-state index in [-0.39, 0.29) is 29.9 Å². The molecule has 1 N–H and O–H groups in total. The Balaban J connectivity index is 1.48. The molecule has 2 aromatic carbocycles. The molecule has 0 radical (unpaired) electrons. The molecule has 3 heterocycles. The van der Waals surface area contributed by atoms with Gasteiger partial charge in [0.25, 0.3) is 0 Å². The molecular weight excluding hydrogens is 514 g/mol. The van der Waals surface area contributed by atoms with E-state index in [9.17, 15) is 9.59 Å². The average molecular weight is 556 g/mol. The lowest BCUT2D eigenvalue weighted by atomic mass is 9.81. The molecule has 7 heteroatoms. The number of esters is 1. The predicted molar refractivity (Wildman–Crippen MR) is 160 cm³/mol. The van der Waals surface area contributed by atoms with E-state index in [1.807, 2.05) is 12.1 Å². The number of rotatable bonds is 4. The van der Waals surface area contributed by atoms with Gasteiger partial charge in [-0.25, -0.2) is 4.79 Å². The van der Waals surface area contributed by atoms with Crippen molar-refractivity contribution in [1.29, 1.82) is 0 Å². The molecule has 2 unspecified atom stereocenters. The number of hydrogen-bond donors (Lipinski definition) is 1. The van der Waals surface area contributed by atoms with Crippen LogP contribution in [-0.2, 0) is 16.1 Å². The van der Waals surface area contributed by atoms with Gasteiger partial charge in [-0.2, -0.15) is 0 Å². The summed E-state index contributed by atoms with van der Waals surface area (Å²) < 4.78 is 13.5. The first-order valence-electron chi connectivity index (χ1n) is 15.3. The largest absolute Gasteiger partial charge is 0.496 e. The molecule has 7 rings (SSSR count). The van der Waals surface area contributed by atoms with Gasteiger partial charge >= 0.3 is 5.97 Å². The topological polar surface area (TPSA) is 72.8 Å². The maximum absolute atomic E-state index is 14.6. The number of methoxy groups -OCH3 is 2. The average Bonchev–Trinajstić information content (AvgIpc) is 3.65. The van der Waals surface area contributed by atoms with E-state index in [1.54, 1.807) is 7.11 Å². The number of hydrogen-bond acceptors (Lipinski definition) is 5. The maximum Gasteiger partial charge on any atom is 0.337 e. The summed E-state index contributed by atoms with van der Waals surface area (Å²) in [6.07, 6.45) is 6.87. The highest BCUT2D eigenvalue weighted by molar-refractivity contribution is 6.00. The first-order chi connectivity index (χ1) is 19.9. The van der Waals surface area contributed by atoms with Crippen LogP contribution in [0.25, 0.3) is 22.2 Å². The van der Waals surface area contributed by atoms with Crippen molar-refractivity contribution in [2.75, 3.05) is 27.3 Å². The highest BCUT2D eigenvalue weighted by Crippen LogP contribution is 2.67. The molecule has 2 saturated carbocycles. The van der Waals surface area contributed by atoms with Crippen molar-refractivity contribution in [1.82, 2.24) is 14.8 Å². The van der Waals surface area contributed by atoms with Crippen LogP contribution in [0.2, 0.25) is 0 Å². The van der Waals surface area contributed by atoms with E-state index in [2.05, 4.69) is 52.9 Å². The van der Waals surface area contributed by atoms with E-state index < -0.39 is 5.41 Å². The number of fused-ring (bicyclic) bond motifs is 7. The van der Waals surface area contributed by atoms with Gasteiger partial charge in [-0.3, -0.25) is 4.79 Å². The number of carbonyl (C=O) groups excluding carboxylic acids is 2. The van der Waals surface area contributed by atoms with E-state index in [0.717, 1.165) is 43.6 Å². The lowest BCUT2D eigenvalue weighted by Gasteiger charge is -2.38. The van der Waals surface area contributed by atoms with Crippen LogP contribution >= 0.6 is 0 Å². The van der Waals surface area contributed by atoms with Gasteiger partial charge in [0.15, 0.2) is 0 Å². The summed E-state index contributed by atoms with van der Waals surface area (Å²) in [7, 11) is 3.17. The Morgan fingerprint density at radius 1 is 0.976 bits per heavy atom. The number of nitrogens with one attached hydrogen (secondary N) is 1. The zero-order valence-corrected chi connectivity index (χ0v) is 24.7. The molecule has 4 aliphatic rings. The number of benzene rings is 2. The van der Waals surface area contributed by atoms with Crippen molar-refractivity contribution in [2.24, 2.45) is 5.41 Å². The third-order valence-corrected chi connectivity index (χ3v) is 10.2. The minimum Gasteiger partial charge on any atom is -0.496 e. The van der Waals surface area contributed by atoms with Crippen molar-refractivity contribution in [2.45, 2.75) is 82.8 Å². The Hall–Kier alpha value is -3.32. The second-order valence-corrected chi connectivity index (χ2v) is 12.9. The molecule has 0 bridgehead atoms. The summed E-state index contributed by atoms with van der Waals surface area (Å²) in [6, 6.07) is 12.9. The van der Waals surface area contributed by atoms with Crippen LogP contribution in [0.15, 0.2) is 36.4 Å². The number of ether oxygens (including phenoxy) is 2. The van der Waals surface area contributed by atoms with E-state index in [4.69, 9.17) is 9.47 Å². The molecule has 4 atom stereocenters. The highest BCUT2D eigenvalue weighted by Gasteiger charge is 2.64. The normalized spacial score (nSPS) is 27.4. The van der Waals surface area contributed by atoms with Gasteiger partial charge < -0.3 is 24.3 Å². The monoisotopic (exact) mass is 555 g/mol. The van der Waals surface area contributed by atoms with Gasteiger partial charge in [-0.05, 0) is 62.8 Å². The Bertz CT molecular complexity index is 1530. The quantitative estimate of drug-likeness (QED) is 0.409. The first kappa shape index (κ1) is 26.6. The Morgan fingerprint density at radius 2 is 1.73 bits per heavy atom. The molecule has 2 aliphatic carbocycles. The number of amides is 1. The third kappa shape index (κ3) is 4.10. The minimum atomic E-state index is -0.539. The summed E-state index contributed by atoms with van der Waals surface area (Å²) in [4.78, 5) is 29.4. The van der Waals surface area contributed by atoms with E-state index in [1.165, 1.54) is 54.1 Å².